The smallest absolute Gasteiger partial charge is 0.259 e. The fourth-order valence-corrected chi connectivity index (χ4v) is 2.79. The van der Waals surface area contributed by atoms with Gasteiger partial charge in [0.25, 0.3) is 5.91 Å². The van der Waals surface area contributed by atoms with Gasteiger partial charge >= 0.3 is 0 Å². The molecule has 4 heteroatoms. The summed E-state index contributed by atoms with van der Waals surface area (Å²) in [6.45, 7) is 9.72. The van der Waals surface area contributed by atoms with Crippen LogP contribution in [0.4, 0.5) is 5.69 Å². The highest BCUT2D eigenvalue weighted by atomic mass is 16.1. The van der Waals surface area contributed by atoms with Gasteiger partial charge in [0.15, 0.2) is 0 Å². The molecular formula is C18H23N3O. The standard InChI is InChI=1S/C18H23N3O/c1-6-14-9-8-10-15(7-2)17(14)21-18(22)16-11(3)19-13(5)20-12(16)4/h8-10H,6-7H2,1-5H3,(H,21,22). The summed E-state index contributed by atoms with van der Waals surface area (Å²) in [5.41, 5.74) is 5.23. The van der Waals surface area contributed by atoms with Gasteiger partial charge < -0.3 is 5.32 Å². The summed E-state index contributed by atoms with van der Waals surface area (Å²) < 4.78 is 0. The first kappa shape index (κ1) is 16.1. The molecule has 1 heterocycles. The van der Waals surface area contributed by atoms with Crippen molar-refractivity contribution in [2.24, 2.45) is 0 Å². The average Bonchev–Trinajstić information content (AvgIpc) is 2.46. The Bertz CT molecular complexity index is 662. The van der Waals surface area contributed by atoms with Crippen molar-refractivity contribution in [3.05, 3.63) is 52.1 Å². The highest BCUT2D eigenvalue weighted by Gasteiger charge is 2.17. The van der Waals surface area contributed by atoms with Crippen LogP contribution in [0.25, 0.3) is 0 Å². The van der Waals surface area contributed by atoms with Gasteiger partial charge in [0.05, 0.1) is 17.0 Å². The van der Waals surface area contributed by atoms with E-state index in [1.165, 1.54) is 0 Å². The largest absolute Gasteiger partial charge is 0.321 e. The highest BCUT2D eigenvalue weighted by molar-refractivity contribution is 6.06. The maximum absolute atomic E-state index is 12.7. The van der Waals surface area contributed by atoms with Gasteiger partial charge in [0.1, 0.15) is 5.82 Å². The SMILES string of the molecule is CCc1cccc(CC)c1NC(=O)c1c(C)nc(C)nc1C. The van der Waals surface area contributed by atoms with Gasteiger partial charge in [-0.25, -0.2) is 9.97 Å². The van der Waals surface area contributed by atoms with Crippen molar-refractivity contribution in [3.63, 3.8) is 0 Å². The topological polar surface area (TPSA) is 54.9 Å². The number of amides is 1. The molecule has 0 radical (unpaired) electrons. The highest BCUT2D eigenvalue weighted by Crippen LogP contribution is 2.24. The first-order valence-corrected chi connectivity index (χ1v) is 7.71. The van der Waals surface area contributed by atoms with Gasteiger partial charge in [0.2, 0.25) is 0 Å². The molecule has 0 aliphatic rings. The molecule has 0 unspecified atom stereocenters. The number of carbonyl (C=O) groups is 1. The molecule has 0 saturated carbocycles. The number of carbonyl (C=O) groups excluding carboxylic acids is 1. The molecule has 1 aromatic carbocycles. The minimum Gasteiger partial charge on any atom is -0.321 e. The molecular weight excluding hydrogens is 274 g/mol. The molecule has 0 saturated heterocycles. The summed E-state index contributed by atoms with van der Waals surface area (Å²) >= 11 is 0. The van der Waals surface area contributed by atoms with Crippen LogP contribution in [-0.4, -0.2) is 15.9 Å². The Labute approximate surface area is 132 Å². The van der Waals surface area contributed by atoms with Gasteiger partial charge in [-0.1, -0.05) is 32.0 Å². The third-order valence-electron chi connectivity index (χ3n) is 3.85. The number of hydrogen-bond acceptors (Lipinski definition) is 3. The molecule has 1 aromatic heterocycles. The van der Waals surface area contributed by atoms with Crippen molar-refractivity contribution >= 4 is 11.6 Å². The lowest BCUT2D eigenvalue weighted by Crippen LogP contribution is -2.19. The molecule has 0 aliphatic carbocycles. The maximum atomic E-state index is 12.7. The minimum atomic E-state index is -0.134. The quantitative estimate of drug-likeness (QED) is 0.934. The lowest BCUT2D eigenvalue weighted by molar-refractivity contribution is 0.102. The normalized spacial score (nSPS) is 10.6. The number of nitrogens with one attached hydrogen (secondary N) is 1. The summed E-state index contributed by atoms with van der Waals surface area (Å²) in [5.74, 6) is 0.556. The summed E-state index contributed by atoms with van der Waals surface area (Å²) in [4.78, 5) is 21.3. The predicted molar refractivity (Wildman–Crippen MR) is 89.4 cm³/mol. The minimum absolute atomic E-state index is 0.134. The van der Waals surface area contributed by atoms with E-state index in [1.807, 2.05) is 26.8 Å². The summed E-state index contributed by atoms with van der Waals surface area (Å²) in [6, 6.07) is 6.15. The first-order chi connectivity index (χ1) is 10.5. The zero-order chi connectivity index (χ0) is 16.3. The molecule has 0 spiro atoms. The lowest BCUT2D eigenvalue weighted by Gasteiger charge is -2.16. The molecule has 0 aliphatic heterocycles. The summed E-state index contributed by atoms with van der Waals surface area (Å²) in [5, 5.41) is 3.08. The van der Waals surface area contributed by atoms with Crippen molar-refractivity contribution in [2.75, 3.05) is 5.32 Å². The molecule has 1 amide bonds. The summed E-state index contributed by atoms with van der Waals surface area (Å²) in [6.07, 6.45) is 1.76. The van der Waals surface area contributed by atoms with Gasteiger partial charge in [0, 0.05) is 5.69 Å². The van der Waals surface area contributed by atoms with Crippen LogP contribution < -0.4 is 5.32 Å². The van der Waals surface area contributed by atoms with E-state index >= 15 is 0 Å². The van der Waals surface area contributed by atoms with Crippen molar-refractivity contribution < 1.29 is 4.79 Å². The molecule has 116 valence electrons. The van der Waals surface area contributed by atoms with Gasteiger partial charge in [-0.05, 0) is 44.7 Å². The third kappa shape index (κ3) is 3.16. The fraction of sp³-hybridized carbons (Fsp3) is 0.389. The van der Waals surface area contributed by atoms with Crippen LogP contribution in [0.2, 0.25) is 0 Å². The van der Waals surface area contributed by atoms with Crippen LogP contribution in [0.3, 0.4) is 0 Å². The third-order valence-corrected chi connectivity index (χ3v) is 3.85. The summed E-state index contributed by atoms with van der Waals surface area (Å²) in [7, 11) is 0. The van der Waals surface area contributed by atoms with Gasteiger partial charge in [-0.3, -0.25) is 4.79 Å². The monoisotopic (exact) mass is 297 g/mol. The van der Waals surface area contributed by atoms with Crippen molar-refractivity contribution in [3.8, 4) is 0 Å². The number of aryl methyl sites for hydroxylation is 5. The van der Waals surface area contributed by atoms with E-state index in [0.29, 0.717) is 11.4 Å². The Kier molecular flexibility index (Phi) is 4.91. The molecule has 1 N–H and O–H groups in total. The van der Waals surface area contributed by atoms with Crippen molar-refractivity contribution in [1.82, 2.24) is 9.97 Å². The maximum Gasteiger partial charge on any atom is 0.259 e. The van der Waals surface area contributed by atoms with Crippen LogP contribution in [-0.2, 0) is 12.8 Å². The number of nitrogens with zero attached hydrogens (tertiary/aromatic N) is 2. The molecule has 2 rings (SSSR count). The second-order valence-corrected chi connectivity index (χ2v) is 5.43. The second-order valence-electron chi connectivity index (χ2n) is 5.43. The molecule has 22 heavy (non-hydrogen) atoms. The van der Waals surface area contributed by atoms with E-state index in [4.69, 9.17) is 0 Å². The number of rotatable bonds is 4. The molecule has 4 nitrogen and oxygen atoms in total. The van der Waals surface area contributed by atoms with Gasteiger partial charge in [-0.2, -0.15) is 0 Å². The van der Waals surface area contributed by atoms with Crippen LogP contribution in [0.1, 0.15) is 52.5 Å². The van der Waals surface area contributed by atoms with E-state index in [2.05, 4.69) is 41.3 Å². The Morgan fingerprint density at radius 2 is 1.50 bits per heavy atom. The van der Waals surface area contributed by atoms with E-state index in [1.54, 1.807) is 0 Å². The van der Waals surface area contributed by atoms with E-state index in [-0.39, 0.29) is 5.91 Å². The van der Waals surface area contributed by atoms with Gasteiger partial charge in [-0.15, -0.1) is 0 Å². The zero-order valence-electron chi connectivity index (χ0n) is 13.9. The van der Waals surface area contributed by atoms with Crippen molar-refractivity contribution in [2.45, 2.75) is 47.5 Å². The average molecular weight is 297 g/mol. The Hall–Kier alpha value is -2.23. The molecule has 2 aromatic rings. The van der Waals surface area contributed by atoms with E-state index < -0.39 is 0 Å². The van der Waals surface area contributed by atoms with Crippen LogP contribution in [0, 0.1) is 20.8 Å². The first-order valence-electron chi connectivity index (χ1n) is 7.71. The van der Waals surface area contributed by atoms with Crippen molar-refractivity contribution in [1.29, 1.82) is 0 Å². The van der Waals surface area contributed by atoms with E-state index in [0.717, 1.165) is 41.0 Å². The number of anilines is 1. The number of hydrogen-bond donors (Lipinski definition) is 1. The Balaban J connectivity index is 2.42. The van der Waals surface area contributed by atoms with Crippen LogP contribution in [0.5, 0.6) is 0 Å². The molecule has 0 bridgehead atoms. The van der Waals surface area contributed by atoms with Crippen LogP contribution in [0.15, 0.2) is 18.2 Å². The number of benzene rings is 1. The molecule has 0 fully saturated rings. The zero-order valence-corrected chi connectivity index (χ0v) is 13.9. The Morgan fingerprint density at radius 3 is 1.95 bits per heavy atom. The van der Waals surface area contributed by atoms with Crippen LogP contribution >= 0.6 is 0 Å². The number of para-hydroxylation sites is 1. The Morgan fingerprint density at radius 1 is 1.00 bits per heavy atom. The fourth-order valence-electron chi connectivity index (χ4n) is 2.79. The van der Waals surface area contributed by atoms with E-state index in [9.17, 15) is 4.79 Å². The molecule has 0 atom stereocenters. The second kappa shape index (κ2) is 6.69. The lowest BCUT2D eigenvalue weighted by atomic mass is 10.0. The predicted octanol–water partition coefficient (Wildman–Crippen LogP) is 3.78. The number of aromatic nitrogens is 2.